The van der Waals surface area contributed by atoms with Crippen molar-refractivity contribution < 1.29 is 4.74 Å². The van der Waals surface area contributed by atoms with Crippen molar-refractivity contribution in [3.05, 3.63) is 23.4 Å². The molecule has 0 aliphatic carbocycles. The van der Waals surface area contributed by atoms with Gasteiger partial charge in [-0.2, -0.15) is 0 Å². The molecule has 17 heavy (non-hydrogen) atoms. The summed E-state index contributed by atoms with van der Waals surface area (Å²) < 4.78 is 5.64. The quantitative estimate of drug-likeness (QED) is 0.858. The first-order valence-electron chi connectivity index (χ1n) is 6.19. The summed E-state index contributed by atoms with van der Waals surface area (Å²) in [7, 11) is 2.07. The van der Waals surface area contributed by atoms with Crippen LogP contribution in [0.1, 0.15) is 24.0 Å². The second-order valence-corrected chi connectivity index (χ2v) is 4.70. The van der Waals surface area contributed by atoms with Crippen molar-refractivity contribution in [1.29, 1.82) is 0 Å². The number of pyridine rings is 1. The van der Waals surface area contributed by atoms with Crippen LogP contribution in [0.4, 0.5) is 5.82 Å². The Morgan fingerprint density at radius 2 is 2.41 bits per heavy atom. The molecule has 0 amide bonds. The fourth-order valence-corrected chi connectivity index (χ4v) is 2.32. The Balaban J connectivity index is 2.04. The van der Waals surface area contributed by atoms with Gasteiger partial charge in [0.25, 0.3) is 0 Å². The van der Waals surface area contributed by atoms with Gasteiger partial charge in [0.2, 0.25) is 0 Å². The predicted octanol–water partition coefficient (Wildman–Crippen LogP) is 1.46. The van der Waals surface area contributed by atoms with E-state index in [1.807, 2.05) is 6.20 Å². The number of aryl methyl sites for hydroxylation is 1. The molecule has 1 unspecified atom stereocenters. The second-order valence-electron chi connectivity index (χ2n) is 4.70. The Bertz CT molecular complexity index is 375. The molecule has 4 heteroatoms. The Morgan fingerprint density at radius 3 is 3.00 bits per heavy atom. The number of nitrogens with zero attached hydrogens (tertiary/aromatic N) is 2. The van der Waals surface area contributed by atoms with E-state index < -0.39 is 0 Å². The van der Waals surface area contributed by atoms with Crippen molar-refractivity contribution in [3.8, 4) is 0 Å². The highest BCUT2D eigenvalue weighted by atomic mass is 16.5. The molecule has 1 saturated heterocycles. The van der Waals surface area contributed by atoms with Gasteiger partial charge in [0.15, 0.2) is 0 Å². The zero-order valence-corrected chi connectivity index (χ0v) is 10.6. The summed E-state index contributed by atoms with van der Waals surface area (Å²) in [6, 6.07) is 2.11. The normalized spacial score (nSPS) is 19.6. The second kappa shape index (κ2) is 5.47. The Morgan fingerprint density at radius 1 is 1.59 bits per heavy atom. The van der Waals surface area contributed by atoms with Crippen LogP contribution in [-0.4, -0.2) is 31.3 Å². The molecule has 0 aromatic carbocycles. The molecule has 0 radical (unpaired) electrons. The third-order valence-corrected chi connectivity index (χ3v) is 3.21. The molecule has 1 aromatic rings. The van der Waals surface area contributed by atoms with Gasteiger partial charge in [0.1, 0.15) is 5.82 Å². The Kier molecular flexibility index (Phi) is 3.97. The highest BCUT2D eigenvalue weighted by Crippen LogP contribution is 2.19. The minimum Gasteiger partial charge on any atom is -0.376 e. The molecule has 1 aliphatic rings. The van der Waals surface area contributed by atoms with Gasteiger partial charge >= 0.3 is 0 Å². The van der Waals surface area contributed by atoms with E-state index in [0.29, 0.717) is 12.6 Å². The Hall–Kier alpha value is -1.13. The number of nitrogens with two attached hydrogens (primary N) is 1. The molecule has 1 aromatic heterocycles. The maximum Gasteiger partial charge on any atom is 0.131 e. The molecular formula is C13H21N3O. The third-order valence-electron chi connectivity index (χ3n) is 3.21. The lowest BCUT2D eigenvalue weighted by Gasteiger charge is -2.23. The Labute approximate surface area is 103 Å². The highest BCUT2D eigenvalue weighted by Gasteiger charge is 2.18. The molecule has 2 heterocycles. The molecule has 0 saturated carbocycles. The topological polar surface area (TPSA) is 51.4 Å². The van der Waals surface area contributed by atoms with E-state index in [4.69, 9.17) is 10.5 Å². The van der Waals surface area contributed by atoms with Crippen LogP contribution >= 0.6 is 0 Å². The van der Waals surface area contributed by atoms with E-state index in [9.17, 15) is 0 Å². The largest absolute Gasteiger partial charge is 0.376 e. The molecule has 0 bridgehead atoms. The van der Waals surface area contributed by atoms with E-state index in [2.05, 4.69) is 29.9 Å². The molecule has 94 valence electrons. The van der Waals surface area contributed by atoms with Gasteiger partial charge < -0.3 is 15.4 Å². The molecule has 2 rings (SSSR count). The van der Waals surface area contributed by atoms with Crippen molar-refractivity contribution >= 4 is 5.82 Å². The lowest BCUT2D eigenvalue weighted by Crippen LogP contribution is -2.29. The fraction of sp³-hybridized carbons (Fsp3) is 0.615. The van der Waals surface area contributed by atoms with Crippen molar-refractivity contribution in [2.75, 3.05) is 25.1 Å². The van der Waals surface area contributed by atoms with E-state index in [1.165, 1.54) is 12.0 Å². The molecule has 1 aliphatic heterocycles. The SMILES string of the molecule is Cc1cc(CN)cnc1N(C)CC1CCCO1. The minimum atomic E-state index is 0.357. The number of hydrogen-bond acceptors (Lipinski definition) is 4. The molecule has 2 N–H and O–H groups in total. The number of aromatic nitrogens is 1. The minimum absolute atomic E-state index is 0.357. The molecule has 4 nitrogen and oxygen atoms in total. The van der Waals surface area contributed by atoms with Gasteiger partial charge in [-0.3, -0.25) is 0 Å². The van der Waals surface area contributed by atoms with E-state index in [0.717, 1.165) is 31.0 Å². The highest BCUT2D eigenvalue weighted by molar-refractivity contribution is 5.46. The van der Waals surface area contributed by atoms with Crippen molar-refractivity contribution in [2.24, 2.45) is 5.73 Å². The predicted molar refractivity (Wildman–Crippen MR) is 69.1 cm³/mol. The smallest absolute Gasteiger partial charge is 0.131 e. The standard InChI is InChI=1S/C13H21N3O/c1-10-6-11(7-14)8-15-13(10)16(2)9-12-4-3-5-17-12/h6,8,12H,3-5,7,9,14H2,1-2H3. The summed E-state index contributed by atoms with van der Waals surface area (Å²) in [5.74, 6) is 1.03. The molecule has 1 fully saturated rings. The fourth-order valence-electron chi connectivity index (χ4n) is 2.32. The average Bonchev–Trinajstić information content (AvgIpc) is 2.81. The van der Waals surface area contributed by atoms with Gasteiger partial charge in [-0.05, 0) is 37.0 Å². The summed E-state index contributed by atoms with van der Waals surface area (Å²) in [5.41, 5.74) is 7.86. The summed E-state index contributed by atoms with van der Waals surface area (Å²) in [6.45, 7) is 4.43. The lowest BCUT2D eigenvalue weighted by atomic mass is 10.2. The number of likely N-dealkylation sites (N-methyl/N-ethyl adjacent to an activating group) is 1. The number of rotatable bonds is 4. The van der Waals surface area contributed by atoms with Crippen LogP contribution in [0.5, 0.6) is 0 Å². The zero-order valence-electron chi connectivity index (χ0n) is 10.6. The summed E-state index contributed by atoms with van der Waals surface area (Å²) in [5, 5.41) is 0. The van der Waals surface area contributed by atoms with E-state index >= 15 is 0 Å². The summed E-state index contributed by atoms with van der Waals surface area (Å²) in [6.07, 6.45) is 4.55. The summed E-state index contributed by atoms with van der Waals surface area (Å²) >= 11 is 0. The lowest BCUT2D eigenvalue weighted by molar-refractivity contribution is 0.116. The van der Waals surface area contributed by atoms with Crippen LogP contribution in [0, 0.1) is 6.92 Å². The van der Waals surface area contributed by atoms with Crippen LogP contribution in [0.25, 0.3) is 0 Å². The van der Waals surface area contributed by atoms with Crippen LogP contribution in [-0.2, 0) is 11.3 Å². The van der Waals surface area contributed by atoms with Crippen LogP contribution in [0.2, 0.25) is 0 Å². The first kappa shape index (κ1) is 12.3. The average molecular weight is 235 g/mol. The van der Waals surface area contributed by atoms with Gasteiger partial charge in [-0.1, -0.05) is 0 Å². The van der Waals surface area contributed by atoms with Gasteiger partial charge in [-0.15, -0.1) is 0 Å². The van der Waals surface area contributed by atoms with E-state index in [1.54, 1.807) is 0 Å². The van der Waals surface area contributed by atoms with Crippen molar-refractivity contribution in [2.45, 2.75) is 32.4 Å². The van der Waals surface area contributed by atoms with E-state index in [-0.39, 0.29) is 0 Å². The first-order chi connectivity index (χ1) is 8.20. The molecule has 0 spiro atoms. The van der Waals surface area contributed by atoms with Gasteiger partial charge in [0, 0.05) is 32.9 Å². The van der Waals surface area contributed by atoms with Crippen molar-refractivity contribution in [3.63, 3.8) is 0 Å². The molecule has 1 atom stereocenters. The maximum absolute atomic E-state index is 5.64. The van der Waals surface area contributed by atoms with Crippen LogP contribution in [0.15, 0.2) is 12.3 Å². The third kappa shape index (κ3) is 2.96. The van der Waals surface area contributed by atoms with Gasteiger partial charge in [-0.25, -0.2) is 4.98 Å². The number of anilines is 1. The van der Waals surface area contributed by atoms with Crippen LogP contribution in [0.3, 0.4) is 0 Å². The monoisotopic (exact) mass is 235 g/mol. The summed E-state index contributed by atoms with van der Waals surface area (Å²) in [4.78, 5) is 6.65. The first-order valence-corrected chi connectivity index (χ1v) is 6.19. The molecular weight excluding hydrogens is 214 g/mol. The number of ether oxygens (including phenoxy) is 1. The van der Waals surface area contributed by atoms with Crippen LogP contribution < -0.4 is 10.6 Å². The van der Waals surface area contributed by atoms with Crippen molar-refractivity contribution in [1.82, 2.24) is 4.98 Å². The zero-order chi connectivity index (χ0) is 12.3. The maximum atomic E-state index is 5.64. The number of hydrogen-bond donors (Lipinski definition) is 1. The van der Waals surface area contributed by atoms with Gasteiger partial charge in [0.05, 0.1) is 6.10 Å².